The van der Waals surface area contributed by atoms with Crippen LogP contribution in [0.2, 0.25) is 0 Å². The van der Waals surface area contributed by atoms with Crippen LogP contribution in [0.3, 0.4) is 0 Å². The number of sulfonamides is 1. The second-order valence-electron chi connectivity index (χ2n) is 9.45. The van der Waals surface area contributed by atoms with E-state index < -0.39 is 15.8 Å². The van der Waals surface area contributed by atoms with E-state index in [1.807, 2.05) is 47.3 Å². The minimum absolute atomic E-state index is 0.0990. The van der Waals surface area contributed by atoms with Gasteiger partial charge in [-0.2, -0.15) is 5.10 Å². The monoisotopic (exact) mass is 523 g/mol. The molecule has 4 aromatic rings. The smallest absolute Gasteiger partial charge is 0.240 e. The summed E-state index contributed by atoms with van der Waals surface area (Å²) in [5.74, 6) is 0.721. The van der Waals surface area contributed by atoms with Crippen LogP contribution >= 0.6 is 0 Å². The number of halogens is 1. The summed E-state index contributed by atoms with van der Waals surface area (Å²) in [7, 11) is -2.18. The number of nitrogens with one attached hydrogen (secondary N) is 2. The molecular formula is C27H30FN5O3S. The van der Waals surface area contributed by atoms with Gasteiger partial charge in [-0.05, 0) is 68.8 Å². The molecule has 4 rings (SSSR count). The fourth-order valence-corrected chi connectivity index (χ4v) is 4.76. The van der Waals surface area contributed by atoms with Crippen molar-refractivity contribution in [3.63, 3.8) is 0 Å². The van der Waals surface area contributed by atoms with E-state index in [9.17, 15) is 12.8 Å². The molecule has 2 heterocycles. The Morgan fingerprint density at radius 1 is 1.00 bits per heavy atom. The molecule has 2 aromatic carbocycles. The van der Waals surface area contributed by atoms with Gasteiger partial charge in [-0.3, -0.25) is 4.68 Å². The number of hydrogen-bond donors (Lipinski definition) is 2. The fraction of sp³-hybridized carbons (Fsp3) is 0.259. The van der Waals surface area contributed by atoms with Crippen molar-refractivity contribution in [3.05, 3.63) is 78.9 Å². The molecule has 0 aliphatic heterocycles. The number of rotatable bonds is 9. The molecule has 2 aromatic heterocycles. The molecule has 0 aliphatic rings. The highest BCUT2D eigenvalue weighted by Crippen LogP contribution is 2.34. The summed E-state index contributed by atoms with van der Waals surface area (Å²) < 4.78 is 48.0. The first-order valence-electron chi connectivity index (χ1n) is 11.8. The molecule has 0 radical (unpaired) electrons. The van der Waals surface area contributed by atoms with E-state index in [1.165, 1.54) is 18.2 Å². The molecule has 0 aliphatic carbocycles. The average molecular weight is 524 g/mol. The molecule has 0 amide bonds. The summed E-state index contributed by atoms with van der Waals surface area (Å²) >= 11 is 0. The SMILES string of the molecule is COc1cccc(-c2nn(C(C)(C)C)cc2-c2ccnc(NCCNS(=O)(=O)c3cccc(F)c3)c2)c1. The third kappa shape index (κ3) is 6.33. The van der Waals surface area contributed by atoms with Crippen molar-refractivity contribution in [2.45, 2.75) is 31.2 Å². The van der Waals surface area contributed by atoms with Crippen LogP contribution in [0.15, 0.2) is 78.0 Å². The molecule has 0 fully saturated rings. The quantitative estimate of drug-likeness (QED) is 0.303. The second-order valence-corrected chi connectivity index (χ2v) is 11.2. The number of pyridine rings is 1. The number of anilines is 1. The molecule has 8 nitrogen and oxygen atoms in total. The van der Waals surface area contributed by atoms with Crippen LogP contribution in [-0.2, 0) is 15.6 Å². The summed E-state index contributed by atoms with van der Waals surface area (Å²) in [4.78, 5) is 4.25. The normalized spacial score (nSPS) is 11.9. The highest BCUT2D eigenvalue weighted by atomic mass is 32.2. The Bertz CT molecular complexity index is 1500. The van der Waals surface area contributed by atoms with Gasteiger partial charge in [-0.1, -0.05) is 18.2 Å². The molecule has 2 N–H and O–H groups in total. The van der Waals surface area contributed by atoms with Gasteiger partial charge >= 0.3 is 0 Å². The predicted molar refractivity (Wildman–Crippen MR) is 143 cm³/mol. The zero-order valence-corrected chi connectivity index (χ0v) is 22.0. The highest BCUT2D eigenvalue weighted by molar-refractivity contribution is 7.89. The van der Waals surface area contributed by atoms with Crippen molar-refractivity contribution in [1.29, 1.82) is 0 Å². The van der Waals surface area contributed by atoms with Crippen LogP contribution in [0.1, 0.15) is 20.8 Å². The molecule has 194 valence electrons. The Balaban J connectivity index is 1.53. The maximum atomic E-state index is 13.4. The molecule has 37 heavy (non-hydrogen) atoms. The van der Waals surface area contributed by atoms with Crippen LogP contribution in [0.5, 0.6) is 5.75 Å². The molecule has 0 unspecified atom stereocenters. The Morgan fingerprint density at radius 3 is 2.51 bits per heavy atom. The van der Waals surface area contributed by atoms with Gasteiger partial charge in [0.25, 0.3) is 0 Å². The number of methoxy groups -OCH3 is 1. The maximum Gasteiger partial charge on any atom is 0.240 e. The molecule has 0 atom stereocenters. The van der Waals surface area contributed by atoms with Gasteiger partial charge in [0.2, 0.25) is 10.0 Å². The Labute approximate surface area is 216 Å². The van der Waals surface area contributed by atoms with E-state index in [-0.39, 0.29) is 23.5 Å². The van der Waals surface area contributed by atoms with Crippen molar-refractivity contribution in [2.75, 3.05) is 25.5 Å². The number of nitrogens with zero attached hydrogens (tertiary/aromatic N) is 3. The van der Waals surface area contributed by atoms with Gasteiger partial charge in [0, 0.05) is 36.6 Å². The molecule has 0 saturated heterocycles. The lowest BCUT2D eigenvalue weighted by atomic mass is 10.0. The minimum Gasteiger partial charge on any atom is -0.497 e. The van der Waals surface area contributed by atoms with Gasteiger partial charge in [0.15, 0.2) is 0 Å². The standard InChI is InChI=1S/C27H30FN5O3S/c1-27(2,3)33-18-24(26(32-33)20-7-5-9-22(15-20)36-4)19-11-12-29-25(16-19)30-13-14-31-37(34,35)23-10-6-8-21(28)17-23/h5-12,15-18,31H,13-14H2,1-4H3,(H,29,30). The highest BCUT2D eigenvalue weighted by Gasteiger charge is 2.21. The van der Waals surface area contributed by atoms with E-state index in [2.05, 4.69) is 35.8 Å². The minimum atomic E-state index is -3.81. The largest absolute Gasteiger partial charge is 0.497 e. The van der Waals surface area contributed by atoms with Crippen LogP contribution in [0, 0.1) is 5.82 Å². The maximum absolute atomic E-state index is 13.4. The third-order valence-corrected chi connectivity index (χ3v) is 7.10. The first-order valence-corrected chi connectivity index (χ1v) is 13.3. The van der Waals surface area contributed by atoms with Crippen molar-refractivity contribution < 1.29 is 17.5 Å². The van der Waals surface area contributed by atoms with E-state index in [1.54, 1.807) is 13.3 Å². The first-order chi connectivity index (χ1) is 17.6. The van der Waals surface area contributed by atoms with Gasteiger partial charge in [0.1, 0.15) is 23.1 Å². The van der Waals surface area contributed by atoms with E-state index in [0.717, 1.165) is 34.2 Å². The van der Waals surface area contributed by atoms with Crippen LogP contribution in [0.4, 0.5) is 10.2 Å². The first kappa shape index (κ1) is 26.3. The van der Waals surface area contributed by atoms with Crippen LogP contribution in [0.25, 0.3) is 22.4 Å². The predicted octanol–water partition coefficient (Wildman–Crippen LogP) is 4.91. The lowest BCUT2D eigenvalue weighted by molar-refractivity contribution is 0.356. The summed E-state index contributed by atoms with van der Waals surface area (Å²) in [5.41, 5.74) is 3.36. The topological polar surface area (TPSA) is 98.1 Å². The zero-order valence-electron chi connectivity index (χ0n) is 21.2. The number of hydrogen-bond acceptors (Lipinski definition) is 6. The van der Waals surface area contributed by atoms with Crippen LogP contribution < -0.4 is 14.8 Å². The summed E-state index contributed by atoms with van der Waals surface area (Å²) in [6, 6.07) is 16.5. The van der Waals surface area contributed by atoms with Crippen molar-refractivity contribution in [1.82, 2.24) is 19.5 Å². The fourth-order valence-electron chi connectivity index (χ4n) is 3.70. The van der Waals surface area contributed by atoms with Gasteiger partial charge in [0.05, 0.1) is 17.5 Å². The third-order valence-electron chi connectivity index (χ3n) is 5.65. The lowest BCUT2D eigenvalue weighted by Gasteiger charge is -2.18. The second kappa shape index (κ2) is 10.7. The van der Waals surface area contributed by atoms with Gasteiger partial charge < -0.3 is 10.1 Å². The molecule has 10 heteroatoms. The lowest BCUT2D eigenvalue weighted by Crippen LogP contribution is -2.29. The van der Waals surface area contributed by atoms with Crippen molar-refractivity contribution >= 4 is 15.8 Å². The molecule has 0 saturated carbocycles. The molecular weight excluding hydrogens is 493 g/mol. The van der Waals surface area contributed by atoms with Crippen molar-refractivity contribution in [2.24, 2.45) is 0 Å². The number of benzene rings is 2. The number of aromatic nitrogens is 3. The number of ether oxygens (including phenoxy) is 1. The summed E-state index contributed by atoms with van der Waals surface area (Å²) in [6.45, 7) is 6.65. The summed E-state index contributed by atoms with van der Waals surface area (Å²) in [5, 5.41) is 8.03. The zero-order chi connectivity index (χ0) is 26.6. The summed E-state index contributed by atoms with van der Waals surface area (Å²) in [6.07, 6.45) is 3.71. The Kier molecular flexibility index (Phi) is 7.60. The van der Waals surface area contributed by atoms with E-state index in [4.69, 9.17) is 9.84 Å². The molecule has 0 spiro atoms. The average Bonchev–Trinajstić information content (AvgIpc) is 3.33. The van der Waals surface area contributed by atoms with E-state index >= 15 is 0 Å². The Morgan fingerprint density at radius 2 is 1.78 bits per heavy atom. The van der Waals surface area contributed by atoms with Gasteiger partial charge in [-0.25, -0.2) is 22.5 Å². The van der Waals surface area contributed by atoms with E-state index in [0.29, 0.717) is 5.82 Å². The van der Waals surface area contributed by atoms with Crippen LogP contribution in [-0.4, -0.2) is 43.4 Å². The van der Waals surface area contributed by atoms with Crippen molar-refractivity contribution in [3.8, 4) is 28.1 Å². The molecule has 0 bridgehead atoms. The Hall–Kier alpha value is -3.76. The van der Waals surface area contributed by atoms with Gasteiger partial charge in [-0.15, -0.1) is 0 Å².